The van der Waals surface area contributed by atoms with E-state index in [2.05, 4.69) is 15.2 Å². The molecule has 5 nitrogen and oxygen atoms in total. The van der Waals surface area contributed by atoms with Crippen LogP contribution in [-0.2, 0) is 11.3 Å². The lowest BCUT2D eigenvalue weighted by atomic mass is 10.1. The number of hydrogen-bond donors (Lipinski definition) is 2. The first kappa shape index (κ1) is 14.9. The highest BCUT2D eigenvalue weighted by Gasteiger charge is 2.25. The Bertz CT molecular complexity index is 411. The Morgan fingerprint density at radius 2 is 2.45 bits per heavy atom. The average molecular weight is 277 g/mol. The molecule has 20 heavy (non-hydrogen) atoms. The Morgan fingerprint density at radius 3 is 3.20 bits per heavy atom. The number of aliphatic hydroxyl groups excluding tert-OH is 1. The molecule has 1 aliphatic rings. The second-order valence-electron chi connectivity index (χ2n) is 5.27. The fourth-order valence-electron chi connectivity index (χ4n) is 2.70. The summed E-state index contributed by atoms with van der Waals surface area (Å²) in [5, 5.41) is 11.8. The number of aliphatic hydroxyl groups is 1. The van der Waals surface area contributed by atoms with Crippen LogP contribution in [0.2, 0.25) is 0 Å². The number of nitrogens with one attached hydrogen (secondary N) is 1. The van der Waals surface area contributed by atoms with E-state index in [-0.39, 0.29) is 12.5 Å². The van der Waals surface area contributed by atoms with Crippen LogP contribution < -0.4 is 5.32 Å². The van der Waals surface area contributed by atoms with Crippen molar-refractivity contribution in [3.8, 4) is 0 Å². The second-order valence-corrected chi connectivity index (χ2v) is 5.27. The van der Waals surface area contributed by atoms with E-state index in [1.165, 1.54) is 0 Å². The van der Waals surface area contributed by atoms with E-state index in [1.807, 2.05) is 12.1 Å². The minimum atomic E-state index is 0.0600. The van der Waals surface area contributed by atoms with E-state index >= 15 is 0 Å². The molecule has 2 N–H and O–H groups in total. The van der Waals surface area contributed by atoms with Gasteiger partial charge >= 0.3 is 0 Å². The summed E-state index contributed by atoms with van der Waals surface area (Å²) in [5.74, 6) is 0.0600. The van der Waals surface area contributed by atoms with Crippen LogP contribution in [0.25, 0.3) is 0 Å². The first-order chi connectivity index (χ1) is 9.79. The second kappa shape index (κ2) is 7.97. The average Bonchev–Trinajstić information content (AvgIpc) is 2.91. The zero-order chi connectivity index (χ0) is 14.2. The number of hydrogen-bond acceptors (Lipinski definition) is 4. The standard InChI is InChI=1S/C15H23N3O2/c19-9-3-6-14-5-2-8-18(14)12-15(20)17-11-13-4-1-7-16-10-13/h1,4,7,10,14,19H,2-3,5-6,8-9,11-12H2,(H,17,20). The SMILES string of the molecule is O=C(CN1CCCC1CCCO)NCc1cccnc1. The topological polar surface area (TPSA) is 65.5 Å². The van der Waals surface area contributed by atoms with Gasteiger partial charge in [0.25, 0.3) is 0 Å². The Kier molecular flexibility index (Phi) is 5.95. The van der Waals surface area contributed by atoms with Gasteiger partial charge in [0.05, 0.1) is 6.54 Å². The third-order valence-electron chi connectivity index (χ3n) is 3.75. The summed E-state index contributed by atoms with van der Waals surface area (Å²) >= 11 is 0. The van der Waals surface area contributed by atoms with E-state index in [0.717, 1.165) is 37.8 Å². The minimum Gasteiger partial charge on any atom is -0.396 e. The number of aromatic nitrogens is 1. The Hall–Kier alpha value is -1.46. The highest BCUT2D eigenvalue weighted by atomic mass is 16.3. The maximum Gasteiger partial charge on any atom is 0.234 e. The molecule has 0 spiro atoms. The normalized spacial score (nSPS) is 19.1. The van der Waals surface area contributed by atoms with Crippen molar-refractivity contribution in [1.82, 2.24) is 15.2 Å². The molecule has 1 amide bonds. The van der Waals surface area contributed by atoms with Crippen molar-refractivity contribution in [2.24, 2.45) is 0 Å². The van der Waals surface area contributed by atoms with E-state index < -0.39 is 0 Å². The number of nitrogens with zero attached hydrogens (tertiary/aromatic N) is 2. The van der Waals surface area contributed by atoms with Gasteiger partial charge < -0.3 is 10.4 Å². The lowest BCUT2D eigenvalue weighted by Gasteiger charge is -2.23. The van der Waals surface area contributed by atoms with Crippen LogP contribution in [0.15, 0.2) is 24.5 Å². The van der Waals surface area contributed by atoms with Gasteiger partial charge in [-0.05, 0) is 43.9 Å². The van der Waals surface area contributed by atoms with E-state index in [1.54, 1.807) is 12.4 Å². The van der Waals surface area contributed by atoms with Gasteiger partial charge in [-0.3, -0.25) is 14.7 Å². The maximum atomic E-state index is 12.0. The minimum absolute atomic E-state index is 0.0600. The molecule has 1 fully saturated rings. The van der Waals surface area contributed by atoms with Crippen LogP contribution in [0.4, 0.5) is 0 Å². The monoisotopic (exact) mass is 277 g/mol. The third kappa shape index (κ3) is 4.58. The summed E-state index contributed by atoms with van der Waals surface area (Å²) in [6.07, 6.45) is 7.56. The maximum absolute atomic E-state index is 12.0. The number of rotatable bonds is 7. The van der Waals surface area contributed by atoms with Crippen molar-refractivity contribution >= 4 is 5.91 Å². The summed E-state index contributed by atoms with van der Waals surface area (Å²) in [7, 11) is 0. The molecule has 0 saturated carbocycles. The largest absolute Gasteiger partial charge is 0.396 e. The van der Waals surface area contributed by atoms with Gasteiger partial charge in [0.1, 0.15) is 0 Å². The zero-order valence-electron chi connectivity index (χ0n) is 11.8. The Morgan fingerprint density at radius 1 is 1.55 bits per heavy atom. The smallest absolute Gasteiger partial charge is 0.234 e. The molecule has 110 valence electrons. The summed E-state index contributed by atoms with van der Waals surface area (Å²) < 4.78 is 0. The van der Waals surface area contributed by atoms with Gasteiger partial charge in [0, 0.05) is 31.6 Å². The third-order valence-corrected chi connectivity index (χ3v) is 3.75. The molecular weight excluding hydrogens is 254 g/mol. The Balaban J connectivity index is 1.73. The van der Waals surface area contributed by atoms with Crippen LogP contribution >= 0.6 is 0 Å². The molecule has 1 aromatic heterocycles. The van der Waals surface area contributed by atoms with Gasteiger partial charge in [-0.15, -0.1) is 0 Å². The van der Waals surface area contributed by atoms with Crippen molar-refractivity contribution in [3.05, 3.63) is 30.1 Å². The van der Waals surface area contributed by atoms with Crippen molar-refractivity contribution in [2.45, 2.75) is 38.3 Å². The predicted molar refractivity (Wildman–Crippen MR) is 77.0 cm³/mol. The van der Waals surface area contributed by atoms with Crippen molar-refractivity contribution < 1.29 is 9.90 Å². The predicted octanol–water partition coefficient (Wildman–Crippen LogP) is 0.935. The first-order valence-corrected chi connectivity index (χ1v) is 7.30. The number of pyridine rings is 1. The van der Waals surface area contributed by atoms with Crippen LogP contribution in [-0.4, -0.2) is 46.6 Å². The van der Waals surface area contributed by atoms with Crippen molar-refractivity contribution in [2.75, 3.05) is 19.7 Å². The van der Waals surface area contributed by atoms with E-state index in [9.17, 15) is 4.79 Å². The van der Waals surface area contributed by atoms with Crippen LogP contribution in [0, 0.1) is 0 Å². The molecule has 0 aliphatic carbocycles. The molecular formula is C15H23N3O2. The van der Waals surface area contributed by atoms with Crippen LogP contribution in [0.3, 0.4) is 0 Å². The molecule has 0 bridgehead atoms. The van der Waals surface area contributed by atoms with Gasteiger partial charge in [-0.1, -0.05) is 6.07 Å². The van der Waals surface area contributed by atoms with Gasteiger partial charge in [-0.25, -0.2) is 0 Å². The van der Waals surface area contributed by atoms with Gasteiger partial charge in [-0.2, -0.15) is 0 Å². The number of likely N-dealkylation sites (tertiary alicyclic amines) is 1. The lowest BCUT2D eigenvalue weighted by molar-refractivity contribution is -0.122. The van der Waals surface area contributed by atoms with Crippen LogP contribution in [0.5, 0.6) is 0 Å². The molecule has 1 unspecified atom stereocenters. The molecule has 1 saturated heterocycles. The summed E-state index contributed by atoms with van der Waals surface area (Å²) in [6, 6.07) is 4.27. The van der Waals surface area contributed by atoms with E-state index in [0.29, 0.717) is 19.1 Å². The molecule has 5 heteroatoms. The zero-order valence-corrected chi connectivity index (χ0v) is 11.8. The van der Waals surface area contributed by atoms with E-state index in [4.69, 9.17) is 5.11 Å². The molecule has 1 atom stereocenters. The number of amides is 1. The van der Waals surface area contributed by atoms with Crippen molar-refractivity contribution in [3.63, 3.8) is 0 Å². The molecule has 2 rings (SSSR count). The Labute approximate surface area is 120 Å². The molecule has 1 aliphatic heterocycles. The first-order valence-electron chi connectivity index (χ1n) is 7.30. The molecule has 1 aromatic rings. The lowest BCUT2D eigenvalue weighted by Crippen LogP contribution is -2.39. The van der Waals surface area contributed by atoms with Gasteiger partial charge in [0.15, 0.2) is 0 Å². The molecule has 0 aromatic carbocycles. The van der Waals surface area contributed by atoms with Crippen molar-refractivity contribution in [1.29, 1.82) is 0 Å². The highest BCUT2D eigenvalue weighted by molar-refractivity contribution is 5.78. The summed E-state index contributed by atoms with van der Waals surface area (Å²) in [5.41, 5.74) is 1.01. The highest BCUT2D eigenvalue weighted by Crippen LogP contribution is 2.20. The molecule has 0 radical (unpaired) electrons. The molecule has 2 heterocycles. The fraction of sp³-hybridized carbons (Fsp3) is 0.600. The number of carbonyl (C=O) groups excluding carboxylic acids is 1. The quantitative estimate of drug-likeness (QED) is 0.778. The summed E-state index contributed by atoms with van der Waals surface area (Å²) in [4.78, 5) is 18.2. The van der Waals surface area contributed by atoms with Crippen LogP contribution in [0.1, 0.15) is 31.2 Å². The number of carbonyl (C=O) groups is 1. The van der Waals surface area contributed by atoms with Gasteiger partial charge in [0.2, 0.25) is 5.91 Å². The summed E-state index contributed by atoms with van der Waals surface area (Å²) in [6.45, 7) is 2.20. The fourth-order valence-corrected chi connectivity index (χ4v) is 2.70.